The second-order valence-corrected chi connectivity index (χ2v) is 9.31. The molecule has 2 aromatic carbocycles. The van der Waals surface area contributed by atoms with E-state index in [1.54, 1.807) is 24.3 Å². The number of hydrogen-bond acceptors (Lipinski definition) is 5. The minimum absolute atomic E-state index is 0.309. The molecule has 0 bridgehead atoms. The van der Waals surface area contributed by atoms with Gasteiger partial charge in [-0.15, -0.1) is 0 Å². The Morgan fingerprint density at radius 2 is 1.77 bits per heavy atom. The fourth-order valence-electron chi connectivity index (χ4n) is 3.53. The third-order valence-corrected chi connectivity index (χ3v) is 6.03. The van der Waals surface area contributed by atoms with Crippen LogP contribution in [0.25, 0.3) is 0 Å². The summed E-state index contributed by atoms with van der Waals surface area (Å²) in [5, 5.41) is 11.0. The summed E-state index contributed by atoms with van der Waals surface area (Å²) in [5.41, 5.74) is 1.38. The summed E-state index contributed by atoms with van der Waals surface area (Å²) >= 11 is 0. The Morgan fingerprint density at radius 1 is 1.12 bits per heavy atom. The average Bonchev–Trinajstić information content (AvgIpc) is 2.95. The van der Waals surface area contributed by atoms with E-state index in [9.17, 15) is 13.5 Å². The topological polar surface area (TPSA) is 60.9 Å². The van der Waals surface area contributed by atoms with Crippen LogP contribution in [0.1, 0.15) is 12.0 Å². The first kappa shape index (κ1) is 18.9. The van der Waals surface area contributed by atoms with Crippen LogP contribution in [-0.4, -0.2) is 57.0 Å². The Balaban J connectivity index is 1.61. The third kappa shape index (κ3) is 4.63. The number of β-amino-alcohol motifs (C(OH)–C–C–N with tert-alkyl or cyclic N) is 1. The second kappa shape index (κ2) is 7.39. The molecule has 0 radical (unpaired) electrons. The molecule has 0 spiro atoms. The predicted octanol–water partition coefficient (Wildman–Crippen LogP) is 2.16. The van der Waals surface area contributed by atoms with Gasteiger partial charge < -0.3 is 10.0 Å². The van der Waals surface area contributed by atoms with Crippen LogP contribution in [-0.2, 0) is 16.4 Å². The lowest BCUT2D eigenvalue weighted by molar-refractivity contribution is 0.0562. The van der Waals surface area contributed by atoms with Gasteiger partial charge in [-0.05, 0) is 36.2 Å². The van der Waals surface area contributed by atoms with Gasteiger partial charge in [0.15, 0.2) is 9.84 Å². The molecule has 0 amide bonds. The Bertz CT molecular complexity index is 837. The molecular formula is C20H26N2O3S. The Hall–Kier alpha value is -1.89. The van der Waals surface area contributed by atoms with Crippen LogP contribution in [0.5, 0.6) is 0 Å². The van der Waals surface area contributed by atoms with Crippen LogP contribution in [0, 0.1) is 0 Å². The molecule has 1 aliphatic rings. The van der Waals surface area contributed by atoms with Crippen molar-refractivity contribution in [2.45, 2.75) is 23.5 Å². The molecule has 1 N–H and O–H groups in total. The van der Waals surface area contributed by atoms with Gasteiger partial charge in [-0.1, -0.05) is 30.3 Å². The lowest BCUT2D eigenvalue weighted by atomic mass is 10.0. The summed E-state index contributed by atoms with van der Waals surface area (Å²) in [7, 11) is -1.27. The zero-order valence-corrected chi connectivity index (χ0v) is 16.1. The molecule has 1 unspecified atom stereocenters. The monoisotopic (exact) mass is 374 g/mol. The highest BCUT2D eigenvalue weighted by Crippen LogP contribution is 2.26. The number of likely N-dealkylation sites (tertiary alicyclic amines) is 1. The molecule has 1 fully saturated rings. The summed E-state index contributed by atoms with van der Waals surface area (Å²) in [5.74, 6) is 0. The van der Waals surface area contributed by atoms with E-state index in [0.29, 0.717) is 18.0 Å². The zero-order valence-electron chi connectivity index (χ0n) is 15.3. The lowest BCUT2D eigenvalue weighted by Gasteiger charge is -2.30. The second-order valence-electron chi connectivity index (χ2n) is 7.29. The van der Waals surface area contributed by atoms with Crippen molar-refractivity contribution < 1.29 is 13.5 Å². The number of sulfone groups is 1. The minimum atomic E-state index is -3.19. The van der Waals surface area contributed by atoms with Crippen molar-refractivity contribution >= 4 is 15.5 Å². The van der Waals surface area contributed by atoms with Crippen LogP contribution in [0.4, 0.5) is 5.69 Å². The summed E-state index contributed by atoms with van der Waals surface area (Å²) in [4.78, 5) is 4.57. The Labute approximate surface area is 155 Å². The highest BCUT2D eigenvalue weighted by Gasteiger charge is 2.37. The van der Waals surface area contributed by atoms with E-state index in [4.69, 9.17) is 0 Å². The fraction of sp³-hybridized carbons (Fsp3) is 0.400. The molecule has 1 aliphatic heterocycles. The number of anilines is 1. The molecule has 0 saturated carbocycles. The van der Waals surface area contributed by atoms with Crippen LogP contribution in [0.2, 0.25) is 0 Å². The standard InChI is InChI=1S/C20H26N2O3S/c1-21(18-8-10-19(11-9-18)26(2,24)25)15-20(23)12-13-22(16-20)14-17-6-4-3-5-7-17/h3-11,23H,12-16H2,1-2H3. The van der Waals surface area contributed by atoms with E-state index in [-0.39, 0.29) is 0 Å². The number of aliphatic hydroxyl groups is 1. The first-order valence-electron chi connectivity index (χ1n) is 8.75. The molecular weight excluding hydrogens is 348 g/mol. The van der Waals surface area contributed by atoms with Gasteiger partial charge in [0, 0.05) is 45.2 Å². The molecule has 0 aromatic heterocycles. The average molecular weight is 375 g/mol. The molecule has 140 valence electrons. The van der Waals surface area contributed by atoms with Crippen LogP contribution in [0.3, 0.4) is 0 Å². The molecule has 1 saturated heterocycles. The van der Waals surface area contributed by atoms with Gasteiger partial charge in [-0.25, -0.2) is 8.42 Å². The van der Waals surface area contributed by atoms with Crippen molar-refractivity contribution in [3.63, 3.8) is 0 Å². The van der Waals surface area contributed by atoms with Crippen molar-refractivity contribution in [3.05, 3.63) is 60.2 Å². The molecule has 1 heterocycles. The number of nitrogens with zero attached hydrogens (tertiary/aromatic N) is 2. The third-order valence-electron chi connectivity index (χ3n) is 4.90. The van der Waals surface area contributed by atoms with Crippen molar-refractivity contribution in [3.8, 4) is 0 Å². The highest BCUT2D eigenvalue weighted by molar-refractivity contribution is 7.90. The highest BCUT2D eigenvalue weighted by atomic mass is 32.2. The van der Waals surface area contributed by atoms with Gasteiger partial charge in [-0.2, -0.15) is 0 Å². The summed E-state index contributed by atoms with van der Waals surface area (Å²) in [6.07, 6.45) is 1.93. The molecule has 1 atom stereocenters. The minimum Gasteiger partial charge on any atom is -0.387 e. The zero-order chi connectivity index (χ0) is 18.8. The van der Waals surface area contributed by atoms with E-state index >= 15 is 0 Å². The van der Waals surface area contributed by atoms with Crippen LogP contribution >= 0.6 is 0 Å². The van der Waals surface area contributed by atoms with E-state index in [1.807, 2.05) is 30.1 Å². The van der Waals surface area contributed by atoms with E-state index in [0.717, 1.165) is 25.2 Å². The number of hydrogen-bond donors (Lipinski definition) is 1. The number of likely N-dealkylation sites (N-methyl/N-ethyl adjacent to an activating group) is 1. The maximum atomic E-state index is 11.6. The van der Waals surface area contributed by atoms with Crippen molar-refractivity contribution in [1.82, 2.24) is 4.90 Å². The summed E-state index contributed by atoms with van der Waals surface area (Å²) in [6.45, 7) is 2.85. The van der Waals surface area contributed by atoms with Gasteiger partial charge in [0.25, 0.3) is 0 Å². The van der Waals surface area contributed by atoms with Gasteiger partial charge in [0.1, 0.15) is 0 Å². The van der Waals surface area contributed by atoms with Crippen molar-refractivity contribution in [1.29, 1.82) is 0 Å². The summed E-state index contributed by atoms with van der Waals surface area (Å²) < 4.78 is 23.1. The molecule has 2 aromatic rings. The molecule has 26 heavy (non-hydrogen) atoms. The van der Waals surface area contributed by atoms with Gasteiger partial charge in [0.2, 0.25) is 0 Å². The van der Waals surface area contributed by atoms with Gasteiger partial charge in [-0.3, -0.25) is 4.90 Å². The first-order chi connectivity index (χ1) is 12.3. The van der Waals surface area contributed by atoms with Gasteiger partial charge in [0.05, 0.1) is 10.5 Å². The van der Waals surface area contributed by atoms with Crippen LogP contribution in [0.15, 0.2) is 59.5 Å². The Kier molecular flexibility index (Phi) is 5.37. The lowest BCUT2D eigenvalue weighted by Crippen LogP contribution is -2.43. The van der Waals surface area contributed by atoms with E-state index in [1.165, 1.54) is 11.8 Å². The molecule has 5 nitrogen and oxygen atoms in total. The molecule has 0 aliphatic carbocycles. The largest absolute Gasteiger partial charge is 0.387 e. The maximum absolute atomic E-state index is 11.6. The van der Waals surface area contributed by atoms with E-state index < -0.39 is 15.4 Å². The quantitative estimate of drug-likeness (QED) is 0.840. The SMILES string of the molecule is CN(CC1(O)CCN(Cc2ccccc2)C1)c1ccc(S(C)(=O)=O)cc1. The fourth-order valence-corrected chi connectivity index (χ4v) is 4.16. The van der Waals surface area contributed by atoms with Crippen molar-refractivity contribution in [2.75, 3.05) is 37.8 Å². The molecule has 6 heteroatoms. The number of rotatable bonds is 6. The van der Waals surface area contributed by atoms with E-state index in [2.05, 4.69) is 17.0 Å². The summed E-state index contributed by atoms with van der Waals surface area (Å²) in [6, 6.07) is 17.1. The normalized spacial score (nSPS) is 21.0. The van der Waals surface area contributed by atoms with Gasteiger partial charge >= 0.3 is 0 Å². The van der Waals surface area contributed by atoms with Crippen molar-refractivity contribution in [2.24, 2.45) is 0 Å². The maximum Gasteiger partial charge on any atom is 0.175 e. The van der Waals surface area contributed by atoms with Crippen LogP contribution < -0.4 is 4.90 Å². The smallest absolute Gasteiger partial charge is 0.175 e. The first-order valence-corrected chi connectivity index (χ1v) is 10.6. The number of benzene rings is 2. The molecule has 3 rings (SSSR count). The predicted molar refractivity (Wildman–Crippen MR) is 104 cm³/mol. The Morgan fingerprint density at radius 3 is 2.38 bits per heavy atom.